The maximum Gasteiger partial charge on any atom is 0.160 e. The molecule has 0 saturated heterocycles. The molecule has 0 unspecified atom stereocenters. The molecule has 0 bridgehead atoms. The molecule has 2 heterocycles. The van der Waals surface area contributed by atoms with E-state index in [1.54, 1.807) is 0 Å². The molecule has 7 rings (SSSR count). The molecule has 0 atom stereocenters. The van der Waals surface area contributed by atoms with Crippen LogP contribution in [0.2, 0.25) is 0 Å². The zero-order chi connectivity index (χ0) is 21.8. The molecule has 0 aliphatic rings. The molecule has 0 amide bonds. The minimum absolute atomic E-state index is 0.754. The second-order valence-electron chi connectivity index (χ2n) is 8.25. The van der Waals surface area contributed by atoms with E-state index in [-0.39, 0.29) is 0 Å². The molecule has 154 valence electrons. The van der Waals surface area contributed by atoms with Crippen molar-refractivity contribution in [2.45, 2.75) is 0 Å². The Morgan fingerprint density at radius 2 is 1.30 bits per heavy atom. The van der Waals surface area contributed by atoms with E-state index < -0.39 is 0 Å². The Hall–Kier alpha value is -4.08. The fourth-order valence-electron chi connectivity index (χ4n) is 4.71. The van der Waals surface area contributed by atoms with E-state index in [9.17, 15) is 0 Å². The van der Waals surface area contributed by atoms with Crippen LogP contribution >= 0.6 is 11.3 Å². The lowest BCUT2D eigenvalue weighted by Crippen LogP contribution is -1.95. The number of benzene rings is 5. The highest BCUT2D eigenvalue weighted by Gasteiger charge is 2.13. The fraction of sp³-hybridized carbons (Fsp3) is 0. The average molecular weight is 439 g/mol. The molecule has 3 heteroatoms. The van der Waals surface area contributed by atoms with Crippen molar-refractivity contribution in [1.82, 2.24) is 9.97 Å². The molecule has 0 spiro atoms. The van der Waals surface area contributed by atoms with Crippen molar-refractivity contribution in [1.29, 1.82) is 0 Å². The molecule has 0 radical (unpaired) electrons. The van der Waals surface area contributed by atoms with Crippen molar-refractivity contribution in [3.05, 3.63) is 109 Å². The Morgan fingerprint density at radius 1 is 0.515 bits per heavy atom. The lowest BCUT2D eigenvalue weighted by molar-refractivity contribution is 1.23. The van der Waals surface area contributed by atoms with Gasteiger partial charge in [-0.25, -0.2) is 9.97 Å². The van der Waals surface area contributed by atoms with Crippen LogP contribution in [0.1, 0.15) is 0 Å². The molecule has 2 nitrogen and oxygen atoms in total. The van der Waals surface area contributed by atoms with Crippen LogP contribution in [-0.4, -0.2) is 9.97 Å². The van der Waals surface area contributed by atoms with Gasteiger partial charge in [-0.3, -0.25) is 0 Å². The lowest BCUT2D eigenvalue weighted by atomic mass is 10.0. The lowest BCUT2D eigenvalue weighted by Gasteiger charge is -2.10. The van der Waals surface area contributed by atoms with Gasteiger partial charge in [0.1, 0.15) is 0 Å². The van der Waals surface area contributed by atoms with Crippen LogP contribution in [0.5, 0.6) is 0 Å². The van der Waals surface area contributed by atoms with Gasteiger partial charge in [0.15, 0.2) is 5.82 Å². The number of aromatic nitrogens is 2. The Bertz CT molecular complexity index is 1820. The van der Waals surface area contributed by atoms with E-state index in [1.807, 2.05) is 29.5 Å². The molecule has 0 fully saturated rings. The minimum atomic E-state index is 0.754. The second kappa shape index (κ2) is 7.22. The molecule has 7 aromatic rings. The number of fused-ring (bicyclic) bond motifs is 6. The predicted molar refractivity (Wildman–Crippen MR) is 141 cm³/mol. The largest absolute Gasteiger partial charge is 0.228 e. The number of nitrogens with zero attached hydrogens (tertiary/aromatic N) is 2. The van der Waals surface area contributed by atoms with Crippen molar-refractivity contribution in [3.8, 4) is 22.6 Å². The first-order valence-corrected chi connectivity index (χ1v) is 11.8. The molecular formula is C30H18N2S. The van der Waals surface area contributed by atoms with E-state index in [4.69, 9.17) is 9.97 Å². The van der Waals surface area contributed by atoms with Gasteiger partial charge in [-0.15, -0.1) is 11.3 Å². The van der Waals surface area contributed by atoms with Crippen LogP contribution in [0.25, 0.3) is 64.5 Å². The van der Waals surface area contributed by atoms with Crippen LogP contribution in [0.3, 0.4) is 0 Å². The first-order chi connectivity index (χ1) is 16.3. The number of hydrogen-bond acceptors (Lipinski definition) is 3. The normalized spacial score (nSPS) is 11.6. The summed E-state index contributed by atoms with van der Waals surface area (Å²) in [6, 6.07) is 38.3. The third-order valence-electron chi connectivity index (χ3n) is 6.27. The third-order valence-corrected chi connectivity index (χ3v) is 7.40. The highest BCUT2D eigenvalue weighted by molar-refractivity contribution is 7.26. The smallest absolute Gasteiger partial charge is 0.160 e. The Labute approximate surface area is 194 Å². The Morgan fingerprint density at radius 3 is 2.21 bits per heavy atom. The number of thiophene rings is 1. The number of hydrogen-bond donors (Lipinski definition) is 0. The van der Waals surface area contributed by atoms with E-state index in [1.165, 1.54) is 30.9 Å². The average Bonchev–Trinajstić information content (AvgIpc) is 3.27. The summed E-state index contributed by atoms with van der Waals surface area (Å²) in [7, 11) is 0. The van der Waals surface area contributed by atoms with Crippen LogP contribution in [-0.2, 0) is 0 Å². The molecule has 0 aliphatic carbocycles. The van der Waals surface area contributed by atoms with E-state index in [0.29, 0.717) is 0 Å². The monoisotopic (exact) mass is 438 g/mol. The van der Waals surface area contributed by atoms with E-state index >= 15 is 0 Å². The zero-order valence-electron chi connectivity index (χ0n) is 17.7. The first-order valence-electron chi connectivity index (χ1n) is 11.0. The minimum Gasteiger partial charge on any atom is -0.228 e. The summed E-state index contributed by atoms with van der Waals surface area (Å²) in [6.07, 6.45) is 0. The van der Waals surface area contributed by atoms with Gasteiger partial charge in [0, 0.05) is 36.7 Å². The first kappa shape index (κ1) is 18.5. The van der Waals surface area contributed by atoms with Gasteiger partial charge < -0.3 is 0 Å². The molecule has 5 aromatic carbocycles. The highest BCUT2D eigenvalue weighted by atomic mass is 32.1. The maximum absolute atomic E-state index is 5.04. The Balaban J connectivity index is 1.47. The zero-order valence-corrected chi connectivity index (χ0v) is 18.5. The predicted octanol–water partition coefficient (Wildman–Crippen LogP) is 8.48. The van der Waals surface area contributed by atoms with E-state index in [2.05, 4.69) is 91.0 Å². The molecule has 2 aromatic heterocycles. The van der Waals surface area contributed by atoms with Crippen LogP contribution in [0, 0.1) is 0 Å². The molecule has 0 N–H and O–H groups in total. The number of rotatable bonds is 2. The van der Waals surface area contributed by atoms with Crippen molar-refractivity contribution >= 4 is 53.2 Å². The van der Waals surface area contributed by atoms with Gasteiger partial charge in [0.25, 0.3) is 0 Å². The van der Waals surface area contributed by atoms with Gasteiger partial charge >= 0.3 is 0 Å². The molecule has 0 aliphatic heterocycles. The van der Waals surface area contributed by atoms with Crippen molar-refractivity contribution in [3.63, 3.8) is 0 Å². The highest BCUT2D eigenvalue weighted by Crippen LogP contribution is 2.39. The topological polar surface area (TPSA) is 25.8 Å². The van der Waals surface area contributed by atoms with Crippen molar-refractivity contribution in [2.75, 3.05) is 0 Å². The van der Waals surface area contributed by atoms with Gasteiger partial charge in [0.05, 0.1) is 11.2 Å². The summed E-state index contributed by atoms with van der Waals surface area (Å²) in [5, 5.41) is 6.22. The number of para-hydroxylation sites is 1. The molecule has 0 saturated carbocycles. The quantitative estimate of drug-likeness (QED) is 0.270. The van der Waals surface area contributed by atoms with Crippen LogP contribution in [0.15, 0.2) is 109 Å². The van der Waals surface area contributed by atoms with Crippen LogP contribution in [0.4, 0.5) is 0 Å². The van der Waals surface area contributed by atoms with Gasteiger partial charge in [0.2, 0.25) is 0 Å². The summed E-state index contributed by atoms with van der Waals surface area (Å²) < 4.78 is 2.65. The van der Waals surface area contributed by atoms with Gasteiger partial charge in [-0.2, -0.15) is 0 Å². The third kappa shape index (κ3) is 2.94. The molecular weight excluding hydrogens is 420 g/mol. The van der Waals surface area contributed by atoms with Gasteiger partial charge in [-0.1, -0.05) is 84.9 Å². The van der Waals surface area contributed by atoms with Gasteiger partial charge in [-0.05, 0) is 35.0 Å². The summed E-state index contributed by atoms with van der Waals surface area (Å²) in [6.45, 7) is 0. The Kier molecular flexibility index (Phi) is 4.05. The summed E-state index contributed by atoms with van der Waals surface area (Å²) >= 11 is 1.85. The summed E-state index contributed by atoms with van der Waals surface area (Å²) in [5.41, 5.74) is 4.06. The maximum atomic E-state index is 5.04. The summed E-state index contributed by atoms with van der Waals surface area (Å²) in [4.78, 5) is 9.97. The van der Waals surface area contributed by atoms with Crippen LogP contribution < -0.4 is 0 Å². The molecule has 33 heavy (non-hydrogen) atoms. The van der Waals surface area contributed by atoms with E-state index in [0.717, 1.165) is 33.5 Å². The second-order valence-corrected chi connectivity index (χ2v) is 9.34. The fourth-order valence-corrected chi connectivity index (χ4v) is 5.84. The SMILES string of the molecule is c1ccc(-c2nc(-c3ccc4c(ccc5sc6ccccc6c54)c3)nc3ccccc23)cc1. The van der Waals surface area contributed by atoms with Crippen molar-refractivity contribution < 1.29 is 0 Å². The summed E-state index contributed by atoms with van der Waals surface area (Å²) in [5.74, 6) is 0.754. The van der Waals surface area contributed by atoms with Crippen molar-refractivity contribution in [2.24, 2.45) is 0 Å². The standard InChI is InChI=1S/C30H18N2S/c1-2-8-19(9-3-1)29-23-10-4-6-12-25(23)31-30(32-29)21-14-16-22-20(18-21)15-17-27-28(22)24-11-5-7-13-26(24)33-27/h1-18H.